The van der Waals surface area contributed by atoms with Gasteiger partial charge in [0.1, 0.15) is 5.75 Å². The fourth-order valence-electron chi connectivity index (χ4n) is 2.36. The molecule has 7 heteroatoms. The van der Waals surface area contributed by atoms with Crippen LogP contribution in [-0.2, 0) is 24.3 Å². The first-order valence-electron chi connectivity index (χ1n) is 7.48. The molecule has 0 fully saturated rings. The van der Waals surface area contributed by atoms with Crippen molar-refractivity contribution < 1.29 is 22.1 Å². The molecule has 1 aliphatic rings. The second-order valence-electron chi connectivity index (χ2n) is 4.67. The highest BCUT2D eigenvalue weighted by Gasteiger charge is 2.43. The van der Waals surface area contributed by atoms with Crippen LogP contribution in [0.15, 0.2) is 18.2 Å². The van der Waals surface area contributed by atoms with Crippen LogP contribution >= 0.6 is 0 Å². The summed E-state index contributed by atoms with van der Waals surface area (Å²) in [4.78, 5) is 0. The molecule has 0 N–H and O–H groups in total. The topological polar surface area (TPSA) is 46.2 Å². The van der Waals surface area contributed by atoms with Gasteiger partial charge in [0.2, 0.25) is 0 Å². The van der Waals surface area contributed by atoms with Crippen LogP contribution in [0.2, 0.25) is 6.55 Å². The molecule has 0 amide bonds. The standard InChI is InChI=1S/C14H24O5Si2/c1-5-16-21(17-6-2,18-7-3)13-8-9-14-12(10-13)11-15-20(4)19-14/h8-10,20H,5-7,11H2,1-4H3. The van der Waals surface area contributed by atoms with E-state index in [1.165, 1.54) is 0 Å². The van der Waals surface area contributed by atoms with Crippen molar-refractivity contribution >= 4 is 23.3 Å². The predicted octanol–water partition coefficient (Wildman–Crippen LogP) is 1.70. The molecule has 118 valence electrons. The summed E-state index contributed by atoms with van der Waals surface area (Å²) in [6.45, 7) is 10.1. The quantitative estimate of drug-likeness (QED) is 0.713. The van der Waals surface area contributed by atoms with Gasteiger partial charge < -0.3 is 22.1 Å². The summed E-state index contributed by atoms with van der Waals surface area (Å²) in [7, 11) is -4.36. The number of hydrogen-bond acceptors (Lipinski definition) is 5. The molecular weight excluding hydrogens is 304 g/mol. The molecular formula is C14H24O5Si2. The Morgan fingerprint density at radius 2 is 1.71 bits per heavy atom. The Bertz CT molecular complexity index is 452. The summed E-state index contributed by atoms with van der Waals surface area (Å²) < 4.78 is 29.2. The monoisotopic (exact) mass is 328 g/mol. The summed E-state index contributed by atoms with van der Waals surface area (Å²) >= 11 is 0. The Balaban J connectivity index is 2.35. The minimum Gasteiger partial charge on any atom is -0.522 e. The molecule has 1 heterocycles. The van der Waals surface area contributed by atoms with Gasteiger partial charge in [-0.25, -0.2) is 0 Å². The molecule has 0 saturated heterocycles. The van der Waals surface area contributed by atoms with Crippen molar-refractivity contribution in [2.75, 3.05) is 19.8 Å². The number of benzene rings is 1. The average Bonchev–Trinajstić information content (AvgIpc) is 2.47. The van der Waals surface area contributed by atoms with Crippen LogP contribution in [0.4, 0.5) is 0 Å². The van der Waals surface area contributed by atoms with Gasteiger partial charge in [0.05, 0.1) is 6.61 Å². The third-order valence-corrected chi connectivity index (χ3v) is 7.43. The van der Waals surface area contributed by atoms with E-state index in [9.17, 15) is 0 Å². The minimum absolute atomic E-state index is 0.556. The highest BCUT2D eigenvalue weighted by Crippen LogP contribution is 2.25. The van der Waals surface area contributed by atoms with Crippen LogP contribution < -0.4 is 9.61 Å². The summed E-state index contributed by atoms with van der Waals surface area (Å²) in [5.74, 6) is 0.913. The Labute approximate surface area is 129 Å². The van der Waals surface area contributed by atoms with Gasteiger partial charge in [-0.05, 0) is 39.5 Å². The lowest BCUT2D eigenvalue weighted by Gasteiger charge is -2.30. The lowest BCUT2D eigenvalue weighted by Crippen LogP contribution is -2.57. The number of hydrogen-bond donors (Lipinski definition) is 0. The van der Waals surface area contributed by atoms with Crippen molar-refractivity contribution in [3.63, 3.8) is 0 Å². The van der Waals surface area contributed by atoms with Gasteiger partial charge >= 0.3 is 18.1 Å². The summed E-state index contributed by atoms with van der Waals surface area (Å²) in [6, 6.07) is 6.02. The van der Waals surface area contributed by atoms with Gasteiger partial charge in [0.25, 0.3) is 0 Å². The highest BCUT2D eigenvalue weighted by molar-refractivity contribution is 6.75. The number of fused-ring (bicyclic) bond motifs is 1. The van der Waals surface area contributed by atoms with E-state index in [2.05, 4.69) is 0 Å². The molecule has 0 aliphatic carbocycles. The SMILES string of the molecule is CCO[Si](OCC)(OCC)c1ccc2c(c1)CO[SiH](C)O2. The van der Waals surface area contributed by atoms with Gasteiger partial charge in [-0.3, -0.25) is 0 Å². The van der Waals surface area contributed by atoms with E-state index in [-0.39, 0.29) is 0 Å². The fraction of sp³-hybridized carbons (Fsp3) is 0.571. The molecule has 0 aromatic heterocycles. The molecule has 21 heavy (non-hydrogen) atoms. The highest BCUT2D eigenvalue weighted by atomic mass is 28.4. The molecule has 0 bridgehead atoms. The van der Waals surface area contributed by atoms with Gasteiger partial charge in [-0.15, -0.1) is 0 Å². The normalized spacial score (nSPS) is 18.2. The third kappa shape index (κ3) is 3.74. The van der Waals surface area contributed by atoms with Crippen molar-refractivity contribution in [1.29, 1.82) is 0 Å². The van der Waals surface area contributed by atoms with Crippen LogP contribution in [0.1, 0.15) is 26.3 Å². The van der Waals surface area contributed by atoms with Gasteiger partial charge in [0, 0.05) is 30.6 Å². The maximum Gasteiger partial charge on any atom is 0.537 e. The molecule has 2 rings (SSSR count). The lowest BCUT2D eigenvalue weighted by molar-refractivity contribution is 0.0858. The zero-order valence-electron chi connectivity index (χ0n) is 13.2. The third-order valence-electron chi connectivity index (χ3n) is 3.18. The van der Waals surface area contributed by atoms with Crippen molar-refractivity contribution in [3.05, 3.63) is 23.8 Å². The van der Waals surface area contributed by atoms with Crippen LogP contribution in [0.3, 0.4) is 0 Å². The molecule has 0 spiro atoms. The zero-order chi connectivity index (χ0) is 15.3. The Morgan fingerprint density at radius 3 is 2.29 bits per heavy atom. The Hall–Kier alpha value is -0.706. The molecule has 0 saturated carbocycles. The largest absolute Gasteiger partial charge is 0.537 e. The first-order valence-corrected chi connectivity index (χ1v) is 11.3. The fourth-order valence-corrected chi connectivity index (χ4v) is 5.96. The summed E-state index contributed by atoms with van der Waals surface area (Å²) in [5.41, 5.74) is 1.04. The van der Waals surface area contributed by atoms with Crippen molar-refractivity contribution in [2.45, 2.75) is 33.9 Å². The van der Waals surface area contributed by atoms with E-state index in [0.29, 0.717) is 26.4 Å². The van der Waals surface area contributed by atoms with Crippen molar-refractivity contribution in [1.82, 2.24) is 0 Å². The van der Waals surface area contributed by atoms with E-state index in [0.717, 1.165) is 16.5 Å². The zero-order valence-corrected chi connectivity index (χ0v) is 15.3. The first-order chi connectivity index (χ1) is 10.1. The minimum atomic E-state index is -2.85. The second-order valence-corrected chi connectivity index (χ2v) is 8.93. The van der Waals surface area contributed by atoms with Crippen LogP contribution in [0, 0.1) is 0 Å². The Kier molecular flexibility index (Phi) is 5.97. The average molecular weight is 329 g/mol. The van der Waals surface area contributed by atoms with Crippen molar-refractivity contribution in [3.8, 4) is 5.75 Å². The van der Waals surface area contributed by atoms with E-state index in [4.69, 9.17) is 22.1 Å². The van der Waals surface area contributed by atoms with Crippen LogP contribution in [0.5, 0.6) is 5.75 Å². The van der Waals surface area contributed by atoms with E-state index >= 15 is 0 Å². The van der Waals surface area contributed by atoms with Crippen LogP contribution in [0.25, 0.3) is 0 Å². The van der Waals surface area contributed by atoms with Gasteiger partial charge in [0.15, 0.2) is 0 Å². The second kappa shape index (κ2) is 7.52. The maximum atomic E-state index is 5.93. The molecule has 1 atom stereocenters. The first kappa shape index (κ1) is 16.7. The molecule has 1 aliphatic heterocycles. The van der Waals surface area contributed by atoms with Crippen LogP contribution in [-0.4, -0.2) is 37.9 Å². The van der Waals surface area contributed by atoms with E-state index in [1.807, 2.05) is 45.5 Å². The van der Waals surface area contributed by atoms with E-state index in [1.54, 1.807) is 0 Å². The van der Waals surface area contributed by atoms with Gasteiger partial charge in [-0.1, -0.05) is 6.07 Å². The van der Waals surface area contributed by atoms with Crippen molar-refractivity contribution in [2.24, 2.45) is 0 Å². The Morgan fingerprint density at radius 1 is 1.10 bits per heavy atom. The molecule has 5 nitrogen and oxygen atoms in total. The number of rotatable bonds is 7. The van der Waals surface area contributed by atoms with E-state index < -0.39 is 18.1 Å². The molecule has 1 unspecified atom stereocenters. The predicted molar refractivity (Wildman–Crippen MR) is 85.1 cm³/mol. The molecule has 1 aromatic rings. The molecule has 1 aromatic carbocycles. The summed E-state index contributed by atoms with van der Waals surface area (Å²) in [5, 5.41) is 0.968. The maximum absolute atomic E-state index is 5.93. The molecule has 0 radical (unpaired) electrons. The van der Waals surface area contributed by atoms with Gasteiger partial charge in [-0.2, -0.15) is 0 Å². The smallest absolute Gasteiger partial charge is 0.522 e. The summed E-state index contributed by atoms with van der Waals surface area (Å²) in [6.07, 6.45) is 0. The lowest BCUT2D eigenvalue weighted by atomic mass is 10.2.